The van der Waals surface area contributed by atoms with Crippen LogP contribution in [0.15, 0.2) is 53.2 Å². The molecule has 124 valence electrons. The number of nitrogens with zero attached hydrogens (tertiary/aromatic N) is 2. The number of cyclic esters (lactones) is 1. The van der Waals surface area contributed by atoms with E-state index in [2.05, 4.69) is 4.99 Å². The van der Waals surface area contributed by atoms with Crippen LogP contribution in [-0.4, -0.2) is 18.5 Å². The Kier molecular flexibility index (Phi) is 5.03. The summed E-state index contributed by atoms with van der Waals surface area (Å²) in [4.78, 5) is 16.3. The molecule has 0 spiro atoms. The largest absolute Gasteiger partial charge is 0.479 e. The highest BCUT2D eigenvalue weighted by Gasteiger charge is 2.25. The zero-order valence-electron chi connectivity index (χ0n) is 12.7. The standard InChI is InChI=1S/C18H10Cl2N2O3/c19-12-4-5-14(15(20)10-12)17-22-16(18(23)25-17)9-11-2-1-3-13(8-11)24-7-6-21/h1-5,8-10H,7H2/b16-9-. The third-order valence-electron chi connectivity index (χ3n) is 3.25. The molecule has 1 aliphatic heterocycles. The topological polar surface area (TPSA) is 71.7 Å². The third kappa shape index (κ3) is 4.00. The number of benzene rings is 2. The van der Waals surface area contributed by atoms with Gasteiger partial charge in [-0.2, -0.15) is 5.26 Å². The van der Waals surface area contributed by atoms with Crippen LogP contribution in [0.5, 0.6) is 5.75 Å². The number of ether oxygens (including phenoxy) is 2. The Labute approximate surface area is 153 Å². The Morgan fingerprint density at radius 3 is 2.84 bits per heavy atom. The van der Waals surface area contributed by atoms with E-state index in [9.17, 15) is 4.79 Å². The van der Waals surface area contributed by atoms with E-state index in [1.807, 2.05) is 6.07 Å². The molecule has 0 saturated heterocycles. The van der Waals surface area contributed by atoms with Gasteiger partial charge in [-0.15, -0.1) is 0 Å². The maximum atomic E-state index is 12.0. The van der Waals surface area contributed by atoms with Gasteiger partial charge in [0.2, 0.25) is 5.90 Å². The van der Waals surface area contributed by atoms with Crippen LogP contribution in [0.25, 0.3) is 6.08 Å². The Morgan fingerprint density at radius 1 is 1.24 bits per heavy atom. The molecule has 0 saturated carbocycles. The lowest BCUT2D eigenvalue weighted by molar-refractivity contribution is -0.129. The molecule has 5 nitrogen and oxygen atoms in total. The van der Waals surface area contributed by atoms with Crippen LogP contribution in [0.2, 0.25) is 10.0 Å². The molecule has 0 unspecified atom stereocenters. The first-order valence-electron chi connectivity index (χ1n) is 7.14. The van der Waals surface area contributed by atoms with Crippen LogP contribution < -0.4 is 4.74 Å². The fourth-order valence-corrected chi connectivity index (χ4v) is 2.64. The fraction of sp³-hybridized carbons (Fsp3) is 0.0556. The highest BCUT2D eigenvalue weighted by Crippen LogP contribution is 2.26. The first-order valence-corrected chi connectivity index (χ1v) is 7.90. The molecule has 25 heavy (non-hydrogen) atoms. The average Bonchev–Trinajstić information content (AvgIpc) is 2.93. The number of carbonyl (C=O) groups excluding carboxylic acids is 1. The minimum Gasteiger partial charge on any atom is -0.479 e. The smallest absolute Gasteiger partial charge is 0.363 e. The van der Waals surface area contributed by atoms with Crippen LogP contribution in [0.1, 0.15) is 11.1 Å². The number of hydrogen-bond acceptors (Lipinski definition) is 5. The predicted molar refractivity (Wildman–Crippen MR) is 94.6 cm³/mol. The van der Waals surface area contributed by atoms with E-state index in [1.165, 1.54) is 0 Å². The Balaban J connectivity index is 1.90. The second-order valence-electron chi connectivity index (χ2n) is 4.98. The monoisotopic (exact) mass is 372 g/mol. The van der Waals surface area contributed by atoms with Crippen molar-refractivity contribution in [1.29, 1.82) is 5.26 Å². The second-order valence-corrected chi connectivity index (χ2v) is 5.82. The summed E-state index contributed by atoms with van der Waals surface area (Å²) in [5.41, 5.74) is 1.31. The molecule has 0 radical (unpaired) electrons. The quantitative estimate of drug-likeness (QED) is 0.594. The molecule has 0 fully saturated rings. The molecule has 0 aromatic heterocycles. The Bertz CT molecular complexity index is 946. The van der Waals surface area contributed by atoms with Crippen LogP contribution in [0, 0.1) is 11.3 Å². The zero-order valence-corrected chi connectivity index (χ0v) is 14.2. The molecule has 1 aliphatic rings. The minimum atomic E-state index is -0.579. The highest BCUT2D eigenvalue weighted by molar-refractivity contribution is 6.37. The van der Waals surface area contributed by atoms with Gasteiger partial charge in [0, 0.05) is 5.02 Å². The highest BCUT2D eigenvalue weighted by atomic mass is 35.5. The van der Waals surface area contributed by atoms with Gasteiger partial charge in [-0.25, -0.2) is 9.79 Å². The van der Waals surface area contributed by atoms with Gasteiger partial charge in [0.05, 0.1) is 10.6 Å². The minimum absolute atomic E-state index is 0.0561. The van der Waals surface area contributed by atoms with Gasteiger partial charge in [-0.3, -0.25) is 0 Å². The van der Waals surface area contributed by atoms with Crippen LogP contribution in [0.4, 0.5) is 0 Å². The van der Waals surface area contributed by atoms with Gasteiger partial charge in [0.15, 0.2) is 12.3 Å². The summed E-state index contributed by atoms with van der Waals surface area (Å²) < 4.78 is 10.4. The second kappa shape index (κ2) is 7.39. The van der Waals surface area contributed by atoms with Gasteiger partial charge in [-0.1, -0.05) is 35.3 Å². The maximum absolute atomic E-state index is 12.0. The summed E-state index contributed by atoms with van der Waals surface area (Å²) in [5.74, 6) is 0.0615. The SMILES string of the molecule is N#CCOc1cccc(/C=C2\N=C(c3ccc(Cl)cc3Cl)OC2=O)c1. The van der Waals surface area contributed by atoms with Gasteiger partial charge < -0.3 is 9.47 Å². The van der Waals surface area contributed by atoms with Crippen molar-refractivity contribution in [3.63, 3.8) is 0 Å². The van der Waals surface area contributed by atoms with Crippen LogP contribution >= 0.6 is 23.2 Å². The van der Waals surface area contributed by atoms with Crippen molar-refractivity contribution in [3.8, 4) is 11.8 Å². The summed E-state index contributed by atoms with van der Waals surface area (Å²) in [6.07, 6.45) is 1.57. The summed E-state index contributed by atoms with van der Waals surface area (Å²) in [7, 11) is 0. The number of aliphatic imine (C=N–C) groups is 1. The zero-order chi connectivity index (χ0) is 17.8. The molecule has 0 atom stereocenters. The number of nitriles is 1. The molecule has 2 aromatic rings. The van der Waals surface area contributed by atoms with Crippen LogP contribution in [-0.2, 0) is 9.53 Å². The Morgan fingerprint density at radius 2 is 2.08 bits per heavy atom. The lowest BCUT2D eigenvalue weighted by Crippen LogP contribution is -2.05. The molecular formula is C18H10Cl2N2O3. The molecule has 0 bridgehead atoms. The normalized spacial score (nSPS) is 14.8. The van der Waals surface area contributed by atoms with Gasteiger partial charge in [-0.05, 0) is 42.0 Å². The number of rotatable bonds is 4. The molecule has 3 rings (SSSR count). The molecule has 2 aromatic carbocycles. The summed E-state index contributed by atoms with van der Waals surface area (Å²) in [6, 6.07) is 13.7. The van der Waals surface area contributed by atoms with Crippen molar-refractivity contribution < 1.29 is 14.3 Å². The average molecular weight is 373 g/mol. The first-order chi connectivity index (χ1) is 12.1. The van der Waals surface area contributed by atoms with E-state index >= 15 is 0 Å². The summed E-state index contributed by atoms with van der Waals surface area (Å²) in [5, 5.41) is 9.37. The van der Waals surface area contributed by atoms with Crippen molar-refractivity contribution in [2.45, 2.75) is 0 Å². The molecule has 0 N–H and O–H groups in total. The summed E-state index contributed by atoms with van der Waals surface area (Å²) >= 11 is 12.0. The van der Waals surface area contributed by atoms with E-state index in [0.29, 0.717) is 26.9 Å². The van der Waals surface area contributed by atoms with Crippen molar-refractivity contribution in [3.05, 3.63) is 69.3 Å². The van der Waals surface area contributed by atoms with E-state index < -0.39 is 5.97 Å². The molecule has 0 amide bonds. The molecule has 0 aliphatic carbocycles. The number of halogens is 2. The van der Waals surface area contributed by atoms with Crippen LogP contribution in [0.3, 0.4) is 0 Å². The maximum Gasteiger partial charge on any atom is 0.363 e. The number of hydrogen-bond donors (Lipinski definition) is 0. The van der Waals surface area contributed by atoms with E-state index in [-0.39, 0.29) is 18.2 Å². The lowest BCUT2D eigenvalue weighted by atomic mass is 10.2. The van der Waals surface area contributed by atoms with Gasteiger partial charge in [0.1, 0.15) is 11.8 Å². The fourth-order valence-electron chi connectivity index (χ4n) is 2.15. The third-order valence-corrected chi connectivity index (χ3v) is 3.79. The van der Waals surface area contributed by atoms with E-state index in [1.54, 1.807) is 48.5 Å². The molecular weight excluding hydrogens is 363 g/mol. The molecule has 1 heterocycles. The van der Waals surface area contributed by atoms with Gasteiger partial charge in [0.25, 0.3) is 0 Å². The van der Waals surface area contributed by atoms with Crippen molar-refractivity contribution >= 4 is 41.1 Å². The molecule has 7 heteroatoms. The number of esters is 1. The number of carbonyl (C=O) groups is 1. The van der Waals surface area contributed by atoms with Gasteiger partial charge >= 0.3 is 5.97 Å². The summed E-state index contributed by atoms with van der Waals surface area (Å²) in [6.45, 7) is -0.0561. The first kappa shape index (κ1) is 17.0. The van der Waals surface area contributed by atoms with Crippen molar-refractivity contribution in [2.75, 3.05) is 6.61 Å². The van der Waals surface area contributed by atoms with Crippen molar-refractivity contribution in [2.24, 2.45) is 4.99 Å². The lowest BCUT2D eigenvalue weighted by Gasteiger charge is -2.02. The Hall–Kier alpha value is -2.81. The van der Waals surface area contributed by atoms with Crippen molar-refractivity contribution in [1.82, 2.24) is 0 Å². The van der Waals surface area contributed by atoms with E-state index in [4.69, 9.17) is 37.9 Å². The predicted octanol–water partition coefficient (Wildman–Crippen LogP) is 4.24. The van der Waals surface area contributed by atoms with E-state index in [0.717, 1.165) is 0 Å².